The lowest BCUT2D eigenvalue weighted by Crippen LogP contribution is -2.29. The molecule has 0 aliphatic heterocycles. The SMILES string of the molecule is C=Cc1ccc(C2(c3ccc(F)cc3)c3ccccc3-c3ccc(N(c4ccc(-c5ccc(N(c6ccc7c(c6)C(c6ccc(F)cc6)(c6ccc(C=C)cc6)c6ccccc6-7)c6ccc(C)cc6F)cc5)cc4)c4ccc(C)cc4F)cc32)cc1. The van der Waals surface area contributed by atoms with E-state index >= 15 is 8.78 Å². The molecular weight excluding hydrogens is 1060 g/mol. The molecule has 2 nitrogen and oxygen atoms in total. The maximum Gasteiger partial charge on any atom is 0.147 e. The molecule has 0 bridgehead atoms. The molecule has 2 aliphatic rings. The number of halogens is 4. The Morgan fingerprint density at radius 1 is 0.314 bits per heavy atom. The maximum atomic E-state index is 16.7. The summed E-state index contributed by atoms with van der Waals surface area (Å²) in [6.07, 6.45) is 3.64. The van der Waals surface area contributed by atoms with Crippen molar-refractivity contribution in [3.63, 3.8) is 0 Å². The summed E-state index contributed by atoms with van der Waals surface area (Å²) in [6, 6.07) is 86.5. The van der Waals surface area contributed by atoms with Crippen LogP contribution in [0.4, 0.5) is 51.7 Å². The van der Waals surface area contributed by atoms with Gasteiger partial charge in [0, 0.05) is 22.7 Å². The van der Waals surface area contributed by atoms with Crippen LogP contribution >= 0.6 is 0 Å². The van der Waals surface area contributed by atoms with E-state index in [9.17, 15) is 8.78 Å². The maximum absolute atomic E-state index is 16.7. The third-order valence-electron chi connectivity index (χ3n) is 17.6. The van der Waals surface area contributed by atoms with Gasteiger partial charge in [-0.25, -0.2) is 17.6 Å². The van der Waals surface area contributed by atoms with Crippen molar-refractivity contribution in [2.24, 2.45) is 0 Å². The predicted octanol–water partition coefficient (Wildman–Crippen LogP) is 21.5. The Morgan fingerprint density at radius 3 is 0.988 bits per heavy atom. The Bertz CT molecular complexity index is 4310. The first kappa shape index (κ1) is 53.4. The van der Waals surface area contributed by atoms with Crippen LogP contribution in [0.2, 0.25) is 0 Å². The predicted molar refractivity (Wildman–Crippen MR) is 345 cm³/mol. The van der Waals surface area contributed by atoms with Crippen molar-refractivity contribution in [1.82, 2.24) is 0 Å². The summed E-state index contributed by atoms with van der Waals surface area (Å²) in [5.74, 6) is -1.40. The summed E-state index contributed by atoms with van der Waals surface area (Å²) in [4.78, 5) is 3.93. The summed E-state index contributed by atoms with van der Waals surface area (Å²) in [6.45, 7) is 11.8. The highest BCUT2D eigenvalue weighted by molar-refractivity contribution is 5.92. The molecule has 0 saturated carbocycles. The summed E-state index contributed by atoms with van der Waals surface area (Å²) in [7, 11) is 0. The van der Waals surface area contributed by atoms with Gasteiger partial charge in [-0.05, 0) is 211 Å². The van der Waals surface area contributed by atoms with Crippen LogP contribution in [-0.4, -0.2) is 0 Å². The fourth-order valence-corrected chi connectivity index (χ4v) is 13.6. The molecule has 14 rings (SSSR count). The van der Waals surface area contributed by atoms with Crippen LogP contribution in [0.3, 0.4) is 0 Å². The molecule has 0 N–H and O–H groups in total. The molecule has 12 aromatic carbocycles. The van der Waals surface area contributed by atoms with E-state index in [4.69, 9.17) is 0 Å². The highest BCUT2D eigenvalue weighted by atomic mass is 19.1. The highest BCUT2D eigenvalue weighted by Crippen LogP contribution is 2.59. The van der Waals surface area contributed by atoms with Gasteiger partial charge in [0.15, 0.2) is 0 Å². The van der Waals surface area contributed by atoms with Gasteiger partial charge in [-0.2, -0.15) is 0 Å². The van der Waals surface area contributed by atoms with E-state index in [1.807, 2.05) is 157 Å². The fraction of sp³-hybridized carbons (Fsp3) is 0.0500. The minimum Gasteiger partial charge on any atom is -0.308 e. The normalized spacial score (nSPS) is 15.3. The van der Waals surface area contributed by atoms with Crippen LogP contribution in [0.5, 0.6) is 0 Å². The molecule has 0 saturated heterocycles. The van der Waals surface area contributed by atoms with E-state index in [-0.39, 0.29) is 23.3 Å². The average Bonchev–Trinajstić information content (AvgIpc) is 1.55. The number of benzene rings is 12. The molecule has 0 radical (unpaired) electrons. The highest BCUT2D eigenvalue weighted by Gasteiger charge is 2.48. The standard InChI is InChI=1S/C80H56F4N2/c1-5-53-17-25-57(26-18-53)79(59-29-33-61(81)34-30-59)71-13-9-7-11-67(71)69-43-41-65(49-73(69)79)85(77-45-15-51(3)47-75(77)83)63-37-21-55(22-38-63)56-23-39-64(40-24-56)86(78-46-16-52(4)48-76(78)84)66-42-44-70-68-12-8-10-14-72(68)80(74(70)50-66,60-31-35-62(82)36-32-60)58-27-19-54(6-2)20-28-58/h5-50H,1-2H2,3-4H3. The zero-order chi connectivity index (χ0) is 58.8. The topological polar surface area (TPSA) is 6.48 Å². The van der Waals surface area contributed by atoms with Crippen molar-refractivity contribution >= 4 is 46.3 Å². The zero-order valence-electron chi connectivity index (χ0n) is 47.4. The summed E-state index contributed by atoms with van der Waals surface area (Å²) in [5, 5.41) is 0. The average molecular weight is 1120 g/mol. The van der Waals surface area contributed by atoms with Gasteiger partial charge in [0.2, 0.25) is 0 Å². The van der Waals surface area contributed by atoms with Gasteiger partial charge in [-0.3, -0.25) is 0 Å². The fourth-order valence-electron chi connectivity index (χ4n) is 13.6. The third kappa shape index (κ3) is 8.62. The van der Waals surface area contributed by atoms with Crippen LogP contribution in [0.15, 0.2) is 280 Å². The number of fused-ring (bicyclic) bond motifs is 6. The minimum absolute atomic E-state index is 0.327. The first-order valence-corrected chi connectivity index (χ1v) is 28.8. The molecule has 2 aliphatic carbocycles. The van der Waals surface area contributed by atoms with Crippen molar-refractivity contribution in [2.45, 2.75) is 24.7 Å². The lowest BCUT2D eigenvalue weighted by atomic mass is 9.67. The van der Waals surface area contributed by atoms with E-state index < -0.39 is 10.8 Å². The Balaban J connectivity index is 0.873. The third-order valence-corrected chi connectivity index (χ3v) is 17.6. The van der Waals surface area contributed by atoms with Gasteiger partial charge in [0.05, 0.1) is 22.2 Å². The lowest BCUT2D eigenvalue weighted by molar-refractivity contribution is 0.624. The second-order valence-corrected chi connectivity index (χ2v) is 22.4. The number of nitrogens with zero attached hydrogens (tertiary/aromatic N) is 2. The van der Waals surface area contributed by atoms with Gasteiger partial charge in [-0.15, -0.1) is 0 Å². The van der Waals surface area contributed by atoms with Crippen molar-refractivity contribution in [3.8, 4) is 33.4 Å². The summed E-state index contributed by atoms with van der Waals surface area (Å²) < 4.78 is 63.2. The van der Waals surface area contributed by atoms with E-state index in [1.165, 1.54) is 24.3 Å². The molecule has 2 unspecified atom stereocenters. The van der Waals surface area contributed by atoms with Crippen molar-refractivity contribution in [2.75, 3.05) is 9.80 Å². The quantitative estimate of drug-likeness (QED) is 0.106. The molecule has 0 heterocycles. The number of rotatable bonds is 13. The van der Waals surface area contributed by atoms with E-state index in [0.29, 0.717) is 11.4 Å². The van der Waals surface area contributed by atoms with Gasteiger partial charge >= 0.3 is 0 Å². The van der Waals surface area contributed by atoms with Crippen molar-refractivity contribution < 1.29 is 17.6 Å². The van der Waals surface area contributed by atoms with E-state index in [2.05, 4.69) is 122 Å². The molecule has 2 atom stereocenters. The number of anilines is 6. The molecule has 0 aromatic heterocycles. The smallest absolute Gasteiger partial charge is 0.147 e. The molecule has 6 heteroatoms. The summed E-state index contributed by atoms with van der Waals surface area (Å²) in [5.41, 5.74) is 19.5. The largest absolute Gasteiger partial charge is 0.308 e. The van der Waals surface area contributed by atoms with Crippen LogP contribution in [-0.2, 0) is 10.8 Å². The molecule has 12 aromatic rings. The Hall–Kier alpha value is -10.6. The first-order chi connectivity index (χ1) is 42.0. The zero-order valence-corrected chi connectivity index (χ0v) is 47.4. The van der Waals surface area contributed by atoms with Gasteiger partial charge in [-0.1, -0.05) is 195 Å². The van der Waals surface area contributed by atoms with E-state index in [0.717, 1.165) is 123 Å². The van der Waals surface area contributed by atoms with E-state index in [1.54, 1.807) is 12.1 Å². The van der Waals surface area contributed by atoms with Crippen LogP contribution in [0, 0.1) is 37.1 Å². The number of hydrogen-bond acceptors (Lipinski definition) is 2. The molecule has 0 fully saturated rings. The van der Waals surface area contributed by atoms with Gasteiger partial charge < -0.3 is 9.80 Å². The minimum atomic E-state index is -0.858. The first-order valence-electron chi connectivity index (χ1n) is 28.8. The van der Waals surface area contributed by atoms with Crippen LogP contribution in [0.1, 0.15) is 66.8 Å². The second-order valence-electron chi connectivity index (χ2n) is 22.4. The number of hydrogen-bond donors (Lipinski definition) is 0. The number of aryl methyl sites for hydroxylation is 2. The van der Waals surface area contributed by atoms with Crippen LogP contribution < -0.4 is 9.80 Å². The van der Waals surface area contributed by atoms with Crippen molar-refractivity contribution in [1.29, 1.82) is 0 Å². The molecule has 414 valence electrons. The Labute approximate surface area is 499 Å². The monoisotopic (exact) mass is 1120 g/mol. The molecular formula is C80H56F4N2. The van der Waals surface area contributed by atoms with Crippen LogP contribution in [0.25, 0.3) is 45.5 Å². The Morgan fingerprint density at radius 2 is 0.640 bits per heavy atom. The van der Waals surface area contributed by atoms with Gasteiger partial charge in [0.25, 0.3) is 0 Å². The molecule has 0 amide bonds. The molecule has 0 spiro atoms. The lowest BCUT2D eigenvalue weighted by Gasteiger charge is -2.35. The van der Waals surface area contributed by atoms with Gasteiger partial charge in [0.1, 0.15) is 23.3 Å². The Kier molecular flexibility index (Phi) is 13.2. The molecule has 86 heavy (non-hydrogen) atoms. The van der Waals surface area contributed by atoms with Crippen molar-refractivity contribution in [3.05, 3.63) is 370 Å². The second kappa shape index (κ2) is 21.3. The summed E-state index contributed by atoms with van der Waals surface area (Å²) >= 11 is 0.